The van der Waals surface area contributed by atoms with E-state index < -0.39 is 17.3 Å². The van der Waals surface area contributed by atoms with Gasteiger partial charge >= 0.3 is 6.18 Å². The number of alkyl halides is 3. The molecule has 0 aliphatic heterocycles. The number of aromatic nitrogens is 1. The van der Waals surface area contributed by atoms with Crippen LogP contribution in [0.4, 0.5) is 17.6 Å². The first kappa shape index (κ1) is 25.8. The molecule has 0 saturated heterocycles. The summed E-state index contributed by atoms with van der Waals surface area (Å²) in [6, 6.07) is 24.3. The van der Waals surface area contributed by atoms with E-state index in [9.17, 15) is 17.6 Å². The standard InChI is InChI=1S/C28H24ClF4N3/c29-24-11-14-26(35-18-24)27(16-20-5-2-1-3-6-20,22-7-4-8-23(15-22)28(31,32)33)36-19-34-17-21-9-12-25(30)13-10-21/h1-15,18,34,36H,16-17,19H2. The van der Waals surface area contributed by atoms with Crippen LogP contribution in [0.1, 0.15) is 27.9 Å². The molecule has 1 heterocycles. The monoisotopic (exact) mass is 513 g/mol. The molecule has 0 radical (unpaired) electrons. The molecule has 1 aromatic heterocycles. The average Bonchev–Trinajstić information content (AvgIpc) is 2.87. The third-order valence-electron chi connectivity index (χ3n) is 5.92. The van der Waals surface area contributed by atoms with Crippen molar-refractivity contribution in [1.29, 1.82) is 0 Å². The Morgan fingerprint density at radius 1 is 0.778 bits per heavy atom. The van der Waals surface area contributed by atoms with Crippen molar-refractivity contribution in [2.24, 2.45) is 0 Å². The van der Waals surface area contributed by atoms with Gasteiger partial charge in [0.2, 0.25) is 0 Å². The third kappa shape index (κ3) is 6.29. The highest BCUT2D eigenvalue weighted by atomic mass is 35.5. The molecule has 4 aromatic rings. The number of rotatable bonds is 9. The van der Waals surface area contributed by atoms with Crippen molar-refractivity contribution in [2.45, 2.75) is 24.7 Å². The number of halogens is 5. The molecule has 0 fully saturated rings. The van der Waals surface area contributed by atoms with Gasteiger partial charge in [0.1, 0.15) is 5.82 Å². The van der Waals surface area contributed by atoms with Crippen LogP contribution in [0, 0.1) is 5.82 Å². The fourth-order valence-corrected chi connectivity index (χ4v) is 4.22. The van der Waals surface area contributed by atoms with Crippen molar-refractivity contribution in [2.75, 3.05) is 6.67 Å². The summed E-state index contributed by atoms with van der Waals surface area (Å²) in [5, 5.41) is 7.11. The van der Waals surface area contributed by atoms with Gasteiger partial charge in [-0.1, -0.05) is 66.2 Å². The Hall–Kier alpha value is -3.26. The Kier molecular flexibility index (Phi) is 8.04. The molecule has 4 rings (SSSR count). The lowest BCUT2D eigenvalue weighted by molar-refractivity contribution is -0.137. The maximum atomic E-state index is 13.7. The summed E-state index contributed by atoms with van der Waals surface area (Å²) in [5.41, 5.74) is 0.877. The summed E-state index contributed by atoms with van der Waals surface area (Å²) in [7, 11) is 0. The van der Waals surface area contributed by atoms with E-state index in [4.69, 9.17) is 11.6 Å². The first-order valence-corrected chi connectivity index (χ1v) is 11.7. The molecule has 0 bridgehead atoms. The Morgan fingerprint density at radius 3 is 2.17 bits per heavy atom. The molecule has 0 aliphatic carbocycles. The minimum Gasteiger partial charge on any atom is -0.300 e. The maximum Gasteiger partial charge on any atom is 0.416 e. The van der Waals surface area contributed by atoms with Crippen LogP contribution in [-0.2, 0) is 24.7 Å². The Morgan fingerprint density at radius 2 is 1.50 bits per heavy atom. The fraction of sp³-hybridized carbons (Fsp3) is 0.179. The summed E-state index contributed by atoms with van der Waals surface area (Å²) < 4.78 is 54.2. The second kappa shape index (κ2) is 11.2. The molecule has 8 heteroatoms. The number of benzene rings is 3. The van der Waals surface area contributed by atoms with Crippen molar-refractivity contribution in [3.05, 3.63) is 136 Å². The van der Waals surface area contributed by atoms with Gasteiger partial charge in [0, 0.05) is 25.8 Å². The third-order valence-corrected chi connectivity index (χ3v) is 6.14. The van der Waals surface area contributed by atoms with Gasteiger partial charge in [-0.2, -0.15) is 13.2 Å². The van der Waals surface area contributed by atoms with Gasteiger partial charge in [-0.3, -0.25) is 10.3 Å². The van der Waals surface area contributed by atoms with Crippen molar-refractivity contribution >= 4 is 11.6 Å². The van der Waals surface area contributed by atoms with Gasteiger partial charge < -0.3 is 5.32 Å². The highest BCUT2D eigenvalue weighted by Crippen LogP contribution is 2.37. The summed E-state index contributed by atoms with van der Waals surface area (Å²) >= 11 is 6.09. The zero-order chi connectivity index (χ0) is 25.6. The number of hydrogen-bond acceptors (Lipinski definition) is 3. The molecule has 36 heavy (non-hydrogen) atoms. The normalized spacial score (nSPS) is 13.4. The van der Waals surface area contributed by atoms with Crippen LogP contribution in [0.2, 0.25) is 5.02 Å². The van der Waals surface area contributed by atoms with E-state index >= 15 is 0 Å². The summed E-state index contributed by atoms with van der Waals surface area (Å²) in [5.74, 6) is -0.322. The van der Waals surface area contributed by atoms with Crippen LogP contribution in [0.25, 0.3) is 0 Å². The minimum atomic E-state index is -4.50. The van der Waals surface area contributed by atoms with Crippen LogP contribution in [-0.4, -0.2) is 11.7 Å². The molecular formula is C28H24ClF4N3. The molecule has 0 spiro atoms. The lowest BCUT2D eigenvalue weighted by Crippen LogP contribution is -2.49. The van der Waals surface area contributed by atoms with E-state index in [0.29, 0.717) is 29.2 Å². The Labute approximate surface area is 212 Å². The fourth-order valence-electron chi connectivity index (χ4n) is 4.11. The highest BCUT2D eigenvalue weighted by Gasteiger charge is 2.38. The molecule has 0 amide bonds. The largest absolute Gasteiger partial charge is 0.416 e. The van der Waals surface area contributed by atoms with Crippen LogP contribution in [0.5, 0.6) is 0 Å². The van der Waals surface area contributed by atoms with E-state index in [1.54, 1.807) is 30.3 Å². The van der Waals surface area contributed by atoms with Gasteiger partial charge in [0.25, 0.3) is 0 Å². The predicted molar refractivity (Wildman–Crippen MR) is 133 cm³/mol. The molecular weight excluding hydrogens is 490 g/mol. The van der Waals surface area contributed by atoms with Gasteiger partial charge in [-0.25, -0.2) is 4.39 Å². The van der Waals surface area contributed by atoms with E-state index in [-0.39, 0.29) is 12.5 Å². The lowest BCUT2D eigenvalue weighted by Gasteiger charge is -2.36. The first-order chi connectivity index (χ1) is 17.3. The predicted octanol–water partition coefficient (Wildman–Crippen LogP) is 6.72. The lowest BCUT2D eigenvalue weighted by atomic mass is 9.80. The zero-order valence-electron chi connectivity index (χ0n) is 19.2. The Balaban J connectivity index is 1.74. The zero-order valence-corrected chi connectivity index (χ0v) is 20.0. The smallest absolute Gasteiger partial charge is 0.300 e. The molecule has 0 saturated carbocycles. The van der Waals surface area contributed by atoms with E-state index in [1.165, 1.54) is 24.4 Å². The molecule has 2 N–H and O–H groups in total. The topological polar surface area (TPSA) is 37.0 Å². The van der Waals surface area contributed by atoms with Crippen molar-refractivity contribution in [3.63, 3.8) is 0 Å². The SMILES string of the molecule is Fc1ccc(CNCNC(Cc2ccccc2)(c2cccc(C(F)(F)F)c2)c2ccc(Cl)cn2)cc1. The second-order valence-corrected chi connectivity index (χ2v) is 8.85. The summed E-state index contributed by atoms with van der Waals surface area (Å²) in [6.45, 7) is 0.677. The average molecular weight is 514 g/mol. The molecule has 0 aliphatic rings. The second-order valence-electron chi connectivity index (χ2n) is 8.41. The molecule has 1 unspecified atom stereocenters. The molecule has 3 aromatic carbocycles. The van der Waals surface area contributed by atoms with Crippen LogP contribution in [0.3, 0.4) is 0 Å². The molecule has 1 atom stereocenters. The maximum absolute atomic E-state index is 13.7. The highest BCUT2D eigenvalue weighted by molar-refractivity contribution is 6.30. The van der Waals surface area contributed by atoms with Crippen molar-refractivity contribution < 1.29 is 17.6 Å². The molecule has 186 valence electrons. The quantitative estimate of drug-likeness (QED) is 0.148. The van der Waals surface area contributed by atoms with E-state index in [0.717, 1.165) is 23.3 Å². The van der Waals surface area contributed by atoms with Crippen LogP contribution >= 0.6 is 11.6 Å². The minimum absolute atomic E-state index is 0.241. The van der Waals surface area contributed by atoms with Gasteiger partial charge in [0.15, 0.2) is 0 Å². The Bertz CT molecular complexity index is 1260. The number of nitrogens with zero attached hydrogens (tertiary/aromatic N) is 1. The number of pyridine rings is 1. The first-order valence-electron chi connectivity index (χ1n) is 11.3. The van der Waals surface area contributed by atoms with Crippen LogP contribution < -0.4 is 10.6 Å². The number of nitrogens with one attached hydrogen (secondary N) is 2. The molecule has 3 nitrogen and oxygen atoms in total. The summed E-state index contributed by atoms with van der Waals surface area (Å²) in [4.78, 5) is 4.52. The van der Waals surface area contributed by atoms with Crippen molar-refractivity contribution in [1.82, 2.24) is 15.6 Å². The van der Waals surface area contributed by atoms with Gasteiger partial charge in [-0.05, 0) is 53.1 Å². The summed E-state index contributed by atoms with van der Waals surface area (Å²) in [6.07, 6.45) is -2.68. The van der Waals surface area contributed by atoms with E-state index in [2.05, 4.69) is 15.6 Å². The van der Waals surface area contributed by atoms with Gasteiger partial charge in [-0.15, -0.1) is 0 Å². The van der Waals surface area contributed by atoms with Gasteiger partial charge in [0.05, 0.1) is 21.8 Å². The number of hydrogen-bond donors (Lipinski definition) is 2. The van der Waals surface area contributed by atoms with Crippen molar-refractivity contribution in [3.8, 4) is 0 Å². The van der Waals surface area contributed by atoms with E-state index in [1.807, 2.05) is 30.3 Å². The van der Waals surface area contributed by atoms with Crippen LogP contribution in [0.15, 0.2) is 97.2 Å².